The molecule has 2 aliphatic heterocycles. The van der Waals surface area contributed by atoms with E-state index in [0.29, 0.717) is 45.3 Å². The zero-order chi connectivity index (χ0) is 21.7. The summed E-state index contributed by atoms with van der Waals surface area (Å²) >= 11 is 0. The molecular formula is C19H28N4O6S. The van der Waals surface area contributed by atoms with E-state index < -0.39 is 14.9 Å². The van der Waals surface area contributed by atoms with Gasteiger partial charge < -0.3 is 15.0 Å². The molecule has 0 saturated carbocycles. The Morgan fingerprint density at radius 3 is 2.53 bits per heavy atom. The Balaban J connectivity index is 1.67. The summed E-state index contributed by atoms with van der Waals surface area (Å²) in [7, 11) is -3.78. The van der Waals surface area contributed by atoms with Gasteiger partial charge in [-0.25, -0.2) is 8.42 Å². The smallest absolute Gasteiger partial charge is 0.293 e. The minimum absolute atomic E-state index is 0.0491. The predicted octanol–water partition coefficient (Wildman–Crippen LogP) is 1.68. The van der Waals surface area contributed by atoms with Crippen LogP contribution in [-0.2, 0) is 19.6 Å². The molecule has 10 nitrogen and oxygen atoms in total. The third-order valence-electron chi connectivity index (χ3n) is 5.56. The second-order valence-electron chi connectivity index (χ2n) is 7.69. The third-order valence-corrected chi connectivity index (χ3v) is 7.46. The molecule has 2 saturated heterocycles. The minimum Gasteiger partial charge on any atom is -0.379 e. The maximum absolute atomic E-state index is 12.9. The van der Waals surface area contributed by atoms with Crippen LogP contribution in [0.2, 0.25) is 0 Å². The fourth-order valence-corrected chi connectivity index (χ4v) is 5.11. The number of morpholine rings is 1. The summed E-state index contributed by atoms with van der Waals surface area (Å²) in [5.41, 5.74) is -0.124. The molecule has 1 aromatic rings. The fraction of sp³-hybridized carbons (Fsp3) is 0.632. The zero-order valence-corrected chi connectivity index (χ0v) is 17.9. The Hall–Kier alpha value is -2.24. The van der Waals surface area contributed by atoms with E-state index in [1.54, 1.807) is 4.90 Å². The average molecular weight is 441 g/mol. The highest BCUT2D eigenvalue weighted by molar-refractivity contribution is 7.89. The normalized spacial score (nSPS) is 18.9. The maximum Gasteiger partial charge on any atom is 0.293 e. The van der Waals surface area contributed by atoms with Gasteiger partial charge in [0, 0.05) is 45.2 Å². The van der Waals surface area contributed by atoms with E-state index in [4.69, 9.17) is 4.74 Å². The number of piperidine rings is 1. The van der Waals surface area contributed by atoms with E-state index in [1.165, 1.54) is 16.4 Å². The van der Waals surface area contributed by atoms with Gasteiger partial charge in [0.25, 0.3) is 5.69 Å². The van der Waals surface area contributed by atoms with Crippen LogP contribution in [0.4, 0.5) is 11.4 Å². The standard InChI is InChI=1S/C19H28N4O6S/c1-15-5-8-22(9-6-15)30(27,28)16-2-3-17(18(14-16)23(25)26)20-7-4-19(24)21-10-12-29-13-11-21/h2-3,14-15,20H,4-13H2,1H3. The largest absolute Gasteiger partial charge is 0.379 e. The lowest BCUT2D eigenvalue weighted by atomic mass is 10.0. The summed E-state index contributed by atoms with van der Waals surface area (Å²) in [6.45, 7) is 5.24. The average Bonchev–Trinajstić information content (AvgIpc) is 2.74. The molecule has 0 unspecified atom stereocenters. The van der Waals surface area contributed by atoms with Gasteiger partial charge in [-0.05, 0) is 30.9 Å². The van der Waals surface area contributed by atoms with Gasteiger partial charge in [0.1, 0.15) is 5.69 Å². The van der Waals surface area contributed by atoms with Crippen LogP contribution in [0.15, 0.2) is 23.1 Å². The van der Waals surface area contributed by atoms with Gasteiger partial charge in [0.05, 0.1) is 23.0 Å². The van der Waals surface area contributed by atoms with Crippen LogP contribution in [0.25, 0.3) is 0 Å². The van der Waals surface area contributed by atoms with Crippen LogP contribution in [0.3, 0.4) is 0 Å². The lowest BCUT2D eigenvalue weighted by molar-refractivity contribution is -0.384. The van der Waals surface area contributed by atoms with Crippen molar-refractivity contribution in [1.29, 1.82) is 0 Å². The first-order valence-corrected chi connectivity index (χ1v) is 11.6. The fourth-order valence-electron chi connectivity index (χ4n) is 3.62. The van der Waals surface area contributed by atoms with E-state index in [-0.39, 0.29) is 35.1 Å². The highest BCUT2D eigenvalue weighted by Crippen LogP contribution is 2.30. The topological polar surface area (TPSA) is 122 Å². The van der Waals surface area contributed by atoms with Crippen molar-refractivity contribution in [1.82, 2.24) is 9.21 Å². The van der Waals surface area contributed by atoms with Crippen LogP contribution in [0.1, 0.15) is 26.2 Å². The van der Waals surface area contributed by atoms with Crippen molar-refractivity contribution in [2.24, 2.45) is 5.92 Å². The second kappa shape index (κ2) is 9.71. The lowest BCUT2D eigenvalue weighted by Gasteiger charge is -2.29. The Kier molecular flexibility index (Phi) is 7.27. The van der Waals surface area contributed by atoms with E-state index in [1.807, 2.05) is 0 Å². The van der Waals surface area contributed by atoms with Crippen LogP contribution in [0.5, 0.6) is 0 Å². The molecule has 0 aromatic heterocycles. The Morgan fingerprint density at radius 1 is 1.23 bits per heavy atom. The van der Waals surface area contributed by atoms with E-state index in [2.05, 4.69) is 12.2 Å². The third kappa shape index (κ3) is 5.27. The number of sulfonamides is 1. The molecule has 0 atom stereocenters. The number of anilines is 1. The Morgan fingerprint density at radius 2 is 1.90 bits per heavy atom. The molecule has 11 heteroatoms. The molecule has 1 N–H and O–H groups in total. The number of rotatable bonds is 7. The van der Waals surface area contributed by atoms with Crippen molar-refractivity contribution >= 4 is 27.3 Å². The first kappa shape index (κ1) is 22.4. The zero-order valence-electron chi connectivity index (χ0n) is 17.1. The first-order valence-electron chi connectivity index (χ1n) is 10.2. The number of carbonyl (C=O) groups excluding carboxylic acids is 1. The van der Waals surface area contributed by atoms with Crippen molar-refractivity contribution in [2.45, 2.75) is 31.1 Å². The molecule has 0 bridgehead atoms. The molecule has 2 heterocycles. The molecule has 0 radical (unpaired) electrons. The van der Waals surface area contributed by atoms with Crippen molar-refractivity contribution in [3.05, 3.63) is 28.3 Å². The summed E-state index contributed by atoms with van der Waals surface area (Å²) in [4.78, 5) is 24.7. The number of ether oxygens (including phenoxy) is 1. The second-order valence-corrected chi connectivity index (χ2v) is 9.63. The van der Waals surface area contributed by atoms with Gasteiger partial charge in [0.15, 0.2) is 0 Å². The molecule has 0 aliphatic carbocycles. The molecule has 30 heavy (non-hydrogen) atoms. The number of nitro groups is 1. The number of amides is 1. The number of nitrogens with zero attached hydrogens (tertiary/aromatic N) is 3. The van der Waals surface area contributed by atoms with Gasteiger partial charge in [-0.15, -0.1) is 0 Å². The highest BCUT2D eigenvalue weighted by Gasteiger charge is 2.30. The minimum atomic E-state index is -3.78. The molecule has 3 rings (SSSR count). The SMILES string of the molecule is CC1CCN(S(=O)(=O)c2ccc(NCCC(=O)N3CCOCC3)c([N+](=O)[O-])c2)CC1. The van der Waals surface area contributed by atoms with Gasteiger partial charge in [-0.2, -0.15) is 4.31 Å². The molecule has 166 valence electrons. The van der Waals surface area contributed by atoms with Crippen molar-refractivity contribution in [2.75, 3.05) is 51.3 Å². The van der Waals surface area contributed by atoms with Gasteiger partial charge in [-0.3, -0.25) is 14.9 Å². The van der Waals surface area contributed by atoms with Gasteiger partial charge in [0.2, 0.25) is 15.9 Å². The maximum atomic E-state index is 12.9. The lowest BCUT2D eigenvalue weighted by Crippen LogP contribution is -2.41. The molecule has 1 amide bonds. The van der Waals surface area contributed by atoms with E-state index >= 15 is 0 Å². The Labute approximate surface area is 176 Å². The molecule has 1 aromatic carbocycles. The van der Waals surface area contributed by atoms with Gasteiger partial charge >= 0.3 is 0 Å². The van der Waals surface area contributed by atoms with Crippen molar-refractivity contribution < 1.29 is 22.9 Å². The predicted molar refractivity (Wildman–Crippen MR) is 111 cm³/mol. The van der Waals surface area contributed by atoms with Crippen LogP contribution >= 0.6 is 0 Å². The van der Waals surface area contributed by atoms with E-state index in [9.17, 15) is 23.3 Å². The number of nitro benzene ring substituents is 1. The number of hydrogen-bond donors (Lipinski definition) is 1. The van der Waals surface area contributed by atoms with Crippen molar-refractivity contribution in [3.8, 4) is 0 Å². The summed E-state index contributed by atoms with van der Waals surface area (Å²) in [5, 5.41) is 14.4. The Bertz CT molecular complexity index is 877. The summed E-state index contributed by atoms with van der Waals surface area (Å²) in [6, 6.07) is 3.88. The highest BCUT2D eigenvalue weighted by atomic mass is 32.2. The van der Waals surface area contributed by atoms with E-state index in [0.717, 1.165) is 18.9 Å². The van der Waals surface area contributed by atoms with Gasteiger partial charge in [-0.1, -0.05) is 6.92 Å². The number of benzene rings is 1. The molecular weight excluding hydrogens is 412 g/mol. The molecule has 0 spiro atoms. The van der Waals surface area contributed by atoms with Crippen LogP contribution < -0.4 is 5.32 Å². The summed E-state index contributed by atoms with van der Waals surface area (Å²) < 4.78 is 32.4. The summed E-state index contributed by atoms with van der Waals surface area (Å²) in [6.07, 6.45) is 1.74. The van der Waals surface area contributed by atoms with Crippen LogP contribution in [-0.4, -0.2) is 74.4 Å². The van der Waals surface area contributed by atoms with Crippen LogP contribution in [0, 0.1) is 16.0 Å². The monoisotopic (exact) mass is 440 g/mol. The first-order chi connectivity index (χ1) is 14.3. The number of nitrogens with one attached hydrogen (secondary N) is 1. The van der Waals surface area contributed by atoms with Crippen molar-refractivity contribution in [3.63, 3.8) is 0 Å². The molecule has 2 aliphatic rings. The summed E-state index contributed by atoms with van der Waals surface area (Å²) in [5.74, 6) is 0.421. The number of hydrogen-bond acceptors (Lipinski definition) is 7. The number of carbonyl (C=O) groups is 1. The molecule has 2 fully saturated rings. The quantitative estimate of drug-likeness (QED) is 0.505.